The van der Waals surface area contributed by atoms with Crippen molar-refractivity contribution in [3.8, 4) is 0 Å². The van der Waals surface area contributed by atoms with Crippen LogP contribution >= 0.6 is 24.0 Å². The van der Waals surface area contributed by atoms with E-state index in [-0.39, 0.29) is 42.6 Å². The molecule has 0 saturated heterocycles. The average molecular weight is 543 g/mol. The third kappa shape index (κ3) is 9.18. The van der Waals surface area contributed by atoms with Crippen molar-refractivity contribution in [1.82, 2.24) is 16.0 Å². The Bertz CT molecular complexity index is 847. The molecule has 0 bridgehead atoms. The molecule has 31 heavy (non-hydrogen) atoms. The zero-order valence-corrected chi connectivity index (χ0v) is 21.1. The fourth-order valence-electron chi connectivity index (χ4n) is 2.70. The summed E-state index contributed by atoms with van der Waals surface area (Å²) in [6.07, 6.45) is 0. The summed E-state index contributed by atoms with van der Waals surface area (Å²) in [5.74, 6) is 1.86. The highest BCUT2D eigenvalue weighted by Gasteiger charge is 2.27. The SMILES string of the molecule is CCNC(=NCc1ccc(NC(=O)NC(C)C)cc1)NCC(C)(O)c1ccc(C)o1.I. The van der Waals surface area contributed by atoms with Crippen LogP contribution in [0.1, 0.15) is 44.8 Å². The number of amides is 2. The van der Waals surface area contributed by atoms with Gasteiger partial charge < -0.3 is 30.8 Å². The number of nitrogens with one attached hydrogen (secondary N) is 4. The number of aliphatic hydroxyl groups is 1. The predicted molar refractivity (Wildman–Crippen MR) is 135 cm³/mol. The van der Waals surface area contributed by atoms with Crippen LogP contribution in [0.25, 0.3) is 0 Å². The number of aryl methyl sites for hydroxylation is 1. The number of guanidine groups is 1. The van der Waals surface area contributed by atoms with E-state index < -0.39 is 5.60 Å². The number of anilines is 1. The summed E-state index contributed by atoms with van der Waals surface area (Å²) in [5.41, 5.74) is 0.556. The van der Waals surface area contributed by atoms with Gasteiger partial charge in [-0.25, -0.2) is 9.79 Å². The Labute approximate surface area is 201 Å². The van der Waals surface area contributed by atoms with Gasteiger partial charge in [-0.2, -0.15) is 0 Å². The van der Waals surface area contributed by atoms with Crippen LogP contribution in [0.5, 0.6) is 0 Å². The van der Waals surface area contributed by atoms with E-state index in [1.54, 1.807) is 13.0 Å². The number of nitrogens with zero attached hydrogens (tertiary/aromatic N) is 1. The number of hydrogen-bond acceptors (Lipinski definition) is 4. The van der Waals surface area contributed by atoms with Gasteiger partial charge in [0.2, 0.25) is 0 Å². The van der Waals surface area contributed by atoms with Gasteiger partial charge in [0, 0.05) is 18.3 Å². The van der Waals surface area contributed by atoms with Crippen LogP contribution in [0.4, 0.5) is 10.5 Å². The fourth-order valence-corrected chi connectivity index (χ4v) is 2.70. The molecule has 0 aliphatic heterocycles. The van der Waals surface area contributed by atoms with Gasteiger partial charge in [0.1, 0.15) is 17.1 Å². The van der Waals surface area contributed by atoms with Crippen molar-refractivity contribution >= 4 is 41.7 Å². The molecule has 2 aromatic rings. The Morgan fingerprint density at radius 2 is 1.84 bits per heavy atom. The van der Waals surface area contributed by atoms with Crippen LogP contribution in [-0.4, -0.2) is 36.2 Å². The van der Waals surface area contributed by atoms with Gasteiger partial charge in [-0.3, -0.25) is 0 Å². The first kappa shape index (κ1) is 26.8. The number of rotatable bonds is 8. The summed E-state index contributed by atoms with van der Waals surface area (Å²) in [5, 5.41) is 22.6. The normalized spacial score (nSPS) is 13.2. The second-order valence-corrected chi connectivity index (χ2v) is 7.68. The van der Waals surface area contributed by atoms with E-state index in [0.29, 0.717) is 24.8 Å². The maximum atomic E-state index is 11.8. The third-order valence-corrected chi connectivity index (χ3v) is 4.27. The predicted octanol–water partition coefficient (Wildman–Crippen LogP) is 3.70. The van der Waals surface area contributed by atoms with Crippen LogP contribution in [0.2, 0.25) is 0 Å². The third-order valence-electron chi connectivity index (χ3n) is 4.27. The quantitative estimate of drug-likeness (QED) is 0.198. The molecular weight excluding hydrogens is 509 g/mol. The first-order chi connectivity index (χ1) is 14.2. The Morgan fingerprint density at radius 3 is 2.39 bits per heavy atom. The van der Waals surface area contributed by atoms with Crippen LogP contribution in [-0.2, 0) is 12.1 Å². The molecule has 1 heterocycles. The zero-order chi connectivity index (χ0) is 22.1. The van der Waals surface area contributed by atoms with E-state index in [0.717, 1.165) is 17.0 Å². The second-order valence-electron chi connectivity index (χ2n) is 7.68. The smallest absolute Gasteiger partial charge is 0.319 e. The minimum absolute atomic E-state index is 0. The number of benzene rings is 1. The second kappa shape index (κ2) is 12.6. The molecule has 5 N–H and O–H groups in total. The summed E-state index contributed by atoms with van der Waals surface area (Å²) in [6, 6.07) is 11.0. The van der Waals surface area contributed by atoms with Crippen molar-refractivity contribution in [3.63, 3.8) is 0 Å². The van der Waals surface area contributed by atoms with Gasteiger partial charge in [-0.05, 0) is 64.4 Å². The summed E-state index contributed by atoms with van der Waals surface area (Å²) in [4.78, 5) is 16.3. The van der Waals surface area contributed by atoms with E-state index in [1.807, 2.05) is 58.0 Å². The van der Waals surface area contributed by atoms with E-state index >= 15 is 0 Å². The molecule has 1 aromatic carbocycles. The van der Waals surface area contributed by atoms with E-state index in [4.69, 9.17) is 4.42 Å². The van der Waals surface area contributed by atoms with Crippen LogP contribution in [0.3, 0.4) is 0 Å². The molecule has 0 radical (unpaired) electrons. The molecular formula is C22H34IN5O3. The standard InChI is InChI=1S/C22H33N5O3.HI/c1-6-23-20(25-14-22(5,29)19-12-7-16(4)30-19)24-13-17-8-10-18(11-9-17)27-21(28)26-15(2)3;/h7-12,15,29H,6,13-14H2,1-5H3,(H2,23,24,25)(H2,26,27,28);1H. The van der Waals surface area contributed by atoms with Gasteiger partial charge in [0.25, 0.3) is 0 Å². The van der Waals surface area contributed by atoms with Gasteiger partial charge in [-0.1, -0.05) is 12.1 Å². The molecule has 9 heteroatoms. The molecule has 2 amide bonds. The molecule has 8 nitrogen and oxygen atoms in total. The Kier molecular flexibility index (Phi) is 10.8. The lowest BCUT2D eigenvalue weighted by molar-refractivity contribution is 0.0378. The lowest BCUT2D eigenvalue weighted by Gasteiger charge is -2.22. The molecule has 1 aromatic heterocycles. The molecule has 1 unspecified atom stereocenters. The number of carbonyl (C=O) groups excluding carboxylic acids is 1. The molecule has 172 valence electrons. The largest absolute Gasteiger partial charge is 0.463 e. The zero-order valence-electron chi connectivity index (χ0n) is 18.8. The first-order valence-corrected chi connectivity index (χ1v) is 10.2. The van der Waals surface area contributed by atoms with Crippen molar-refractivity contribution in [1.29, 1.82) is 0 Å². The molecule has 2 rings (SSSR count). The topological polar surface area (TPSA) is 111 Å². The summed E-state index contributed by atoms with van der Waals surface area (Å²) in [7, 11) is 0. The van der Waals surface area contributed by atoms with Crippen molar-refractivity contribution in [2.24, 2.45) is 4.99 Å². The van der Waals surface area contributed by atoms with Gasteiger partial charge in [0.15, 0.2) is 5.96 Å². The minimum Gasteiger partial charge on any atom is -0.463 e. The van der Waals surface area contributed by atoms with Crippen LogP contribution in [0.15, 0.2) is 45.8 Å². The Hall–Kier alpha value is -2.27. The summed E-state index contributed by atoms with van der Waals surface area (Å²) >= 11 is 0. The number of halogens is 1. The molecule has 0 fully saturated rings. The van der Waals surface area contributed by atoms with Crippen molar-refractivity contribution in [2.75, 3.05) is 18.4 Å². The fraction of sp³-hybridized carbons (Fsp3) is 0.455. The number of aliphatic imine (C=N–C) groups is 1. The number of urea groups is 1. The van der Waals surface area contributed by atoms with Crippen LogP contribution in [0, 0.1) is 6.92 Å². The molecule has 0 aliphatic rings. The monoisotopic (exact) mass is 543 g/mol. The summed E-state index contributed by atoms with van der Waals surface area (Å²) < 4.78 is 5.54. The van der Waals surface area contributed by atoms with Gasteiger partial charge >= 0.3 is 6.03 Å². The molecule has 0 aliphatic carbocycles. The molecule has 1 atom stereocenters. The number of hydrogen-bond donors (Lipinski definition) is 5. The number of furan rings is 1. The highest BCUT2D eigenvalue weighted by molar-refractivity contribution is 14.0. The molecule has 0 saturated carbocycles. The Morgan fingerprint density at radius 1 is 1.16 bits per heavy atom. The van der Waals surface area contributed by atoms with Crippen LogP contribution < -0.4 is 21.3 Å². The highest BCUT2D eigenvalue weighted by Crippen LogP contribution is 2.21. The lowest BCUT2D eigenvalue weighted by Crippen LogP contribution is -2.44. The Balaban J connectivity index is 0.00000480. The summed E-state index contributed by atoms with van der Waals surface area (Å²) in [6.45, 7) is 10.7. The van der Waals surface area contributed by atoms with E-state index in [9.17, 15) is 9.90 Å². The van der Waals surface area contributed by atoms with E-state index in [2.05, 4.69) is 26.3 Å². The maximum absolute atomic E-state index is 11.8. The average Bonchev–Trinajstić information content (AvgIpc) is 3.12. The number of carbonyl (C=O) groups is 1. The molecule has 0 spiro atoms. The van der Waals surface area contributed by atoms with Crippen molar-refractivity contribution in [3.05, 3.63) is 53.5 Å². The lowest BCUT2D eigenvalue weighted by atomic mass is 10.0. The maximum Gasteiger partial charge on any atom is 0.319 e. The van der Waals surface area contributed by atoms with Gasteiger partial charge in [0.05, 0.1) is 13.1 Å². The minimum atomic E-state index is -1.16. The van der Waals surface area contributed by atoms with Gasteiger partial charge in [-0.15, -0.1) is 24.0 Å². The van der Waals surface area contributed by atoms with E-state index in [1.165, 1.54) is 0 Å². The first-order valence-electron chi connectivity index (χ1n) is 10.2. The van der Waals surface area contributed by atoms with Crippen molar-refractivity contribution < 1.29 is 14.3 Å². The highest BCUT2D eigenvalue weighted by atomic mass is 127. The van der Waals surface area contributed by atoms with Crippen molar-refractivity contribution in [2.45, 2.75) is 52.8 Å².